The quantitative estimate of drug-likeness (QED) is 0.679. The van der Waals surface area contributed by atoms with Crippen LogP contribution in [0.25, 0.3) is 0 Å². The Bertz CT molecular complexity index is 872. The number of aromatic amines is 1. The molecule has 1 aromatic heterocycles. The fraction of sp³-hybridized carbons (Fsp3) is 0.533. The number of rotatable bonds is 4. The Morgan fingerprint density at radius 2 is 1.93 bits per heavy atom. The van der Waals surface area contributed by atoms with Crippen molar-refractivity contribution in [1.82, 2.24) is 4.31 Å². The number of aromatic nitrogens is 1. The first-order valence-electron chi connectivity index (χ1n) is 7.93. The molecule has 1 saturated heterocycles. The van der Waals surface area contributed by atoms with Crippen molar-refractivity contribution in [3.8, 4) is 6.07 Å². The number of hydrogen-bond donors (Lipinski definition) is 0. The van der Waals surface area contributed by atoms with E-state index in [0.717, 1.165) is 12.3 Å². The van der Waals surface area contributed by atoms with Gasteiger partial charge in [-0.15, -0.1) is 0 Å². The maximum absolute atomic E-state index is 13.4. The number of ether oxygens (including phenoxy) is 1. The van der Waals surface area contributed by atoms with Gasteiger partial charge in [-0.1, -0.05) is 0 Å². The van der Waals surface area contributed by atoms with Gasteiger partial charge in [-0.25, -0.2) is 18.2 Å². The summed E-state index contributed by atoms with van der Waals surface area (Å²) in [7, 11) is -3.41. The fourth-order valence-corrected chi connectivity index (χ4v) is 3.54. The highest BCUT2D eigenvalue weighted by Gasteiger charge is 2.43. The zero-order valence-electron chi connectivity index (χ0n) is 14.6. The van der Waals surface area contributed by atoms with Crippen LogP contribution < -0.4 is 9.88 Å². The Morgan fingerprint density at radius 1 is 1.33 bits per heavy atom. The highest BCUT2D eigenvalue weighted by Crippen LogP contribution is 2.31. The minimum atomic E-state index is -4.88. The average molecular weight is 407 g/mol. The number of sulfonamides is 1. The molecule has 0 aromatic carbocycles. The Kier molecular flexibility index (Phi) is 5.96. The number of carbonyl (C=O) groups excluding carboxylic acids is 1. The summed E-state index contributed by atoms with van der Waals surface area (Å²) in [6.45, 7) is 1.66. The van der Waals surface area contributed by atoms with Crippen LogP contribution in [0.5, 0.6) is 0 Å². The zero-order chi connectivity index (χ0) is 20.4. The maximum atomic E-state index is 13.4. The number of pyridine rings is 1. The summed E-state index contributed by atoms with van der Waals surface area (Å²) in [6, 6.07) is 2.61. The lowest BCUT2D eigenvalue weighted by atomic mass is 10.1. The molecular formula is C15H18F3N4O4S+. The summed E-state index contributed by atoms with van der Waals surface area (Å²) in [5.41, 5.74) is -2.27. The molecule has 1 aliphatic rings. The summed E-state index contributed by atoms with van der Waals surface area (Å²) in [4.78, 5) is 15.5. The number of carbonyl (C=O) groups is 1. The summed E-state index contributed by atoms with van der Waals surface area (Å²) < 4.78 is 69.2. The molecule has 12 heteroatoms. The van der Waals surface area contributed by atoms with E-state index < -0.39 is 33.4 Å². The largest absolute Gasteiger partial charge is 0.462 e. The maximum Gasteiger partial charge on any atom is 0.454 e. The van der Waals surface area contributed by atoms with Gasteiger partial charge in [-0.05, 0) is 13.0 Å². The molecule has 2 rings (SSSR count). The van der Waals surface area contributed by atoms with Crippen LogP contribution in [0.2, 0.25) is 0 Å². The van der Waals surface area contributed by atoms with E-state index in [1.54, 1.807) is 6.07 Å². The average Bonchev–Trinajstić information content (AvgIpc) is 2.59. The number of nitrogens with zero attached hydrogens (tertiary/aromatic N) is 3. The van der Waals surface area contributed by atoms with Crippen molar-refractivity contribution in [2.45, 2.75) is 13.1 Å². The summed E-state index contributed by atoms with van der Waals surface area (Å²) in [6.07, 6.45) is -3.83. The molecule has 0 amide bonds. The summed E-state index contributed by atoms with van der Waals surface area (Å²) in [5.74, 6) is -1.31. The van der Waals surface area contributed by atoms with E-state index in [0.29, 0.717) is 0 Å². The summed E-state index contributed by atoms with van der Waals surface area (Å²) >= 11 is 0. The molecule has 0 radical (unpaired) electrons. The minimum Gasteiger partial charge on any atom is -0.462 e. The van der Waals surface area contributed by atoms with E-state index in [9.17, 15) is 31.6 Å². The van der Waals surface area contributed by atoms with Crippen molar-refractivity contribution < 1.29 is 36.1 Å². The second kappa shape index (κ2) is 7.69. The van der Waals surface area contributed by atoms with Crippen LogP contribution in [0, 0.1) is 11.3 Å². The van der Waals surface area contributed by atoms with Gasteiger partial charge in [-0.2, -0.15) is 22.7 Å². The molecule has 2 heterocycles. The molecule has 0 spiro atoms. The Hall–Kier alpha value is -2.39. The topological polar surface area (TPSA) is 105 Å². The number of piperazine rings is 1. The molecule has 8 nitrogen and oxygen atoms in total. The van der Waals surface area contributed by atoms with Gasteiger partial charge in [0.2, 0.25) is 15.7 Å². The minimum absolute atomic E-state index is 0.0680. The molecule has 0 aliphatic carbocycles. The number of nitriles is 1. The van der Waals surface area contributed by atoms with Crippen molar-refractivity contribution in [3.05, 3.63) is 22.9 Å². The number of alkyl halides is 3. The van der Waals surface area contributed by atoms with Gasteiger partial charge < -0.3 is 4.74 Å². The molecule has 0 saturated carbocycles. The predicted octanol–water partition coefficient (Wildman–Crippen LogP) is 0.649. The first-order chi connectivity index (χ1) is 12.5. The lowest BCUT2D eigenvalue weighted by molar-refractivity contribution is -0.414. The van der Waals surface area contributed by atoms with Crippen LogP contribution in [0.15, 0.2) is 6.07 Å². The number of esters is 1. The number of anilines is 1. The molecule has 0 bridgehead atoms. The van der Waals surface area contributed by atoms with Crippen LogP contribution in [0.1, 0.15) is 28.5 Å². The Balaban J connectivity index is 2.46. The van der Waals surface area contributed by atoms with Gasteiger partial charge in [0, 0.05) is 0 Å². The van der Waals surface area contributed by atoms with Crippen LogP contribution in [0.4, 0.5) is 19.0 Å². The Morgan fingerprint density at radius 3 is 2.37 bits per heavy atom. The van der Waals surface area contributed by atoms with Crippen LogP contribution >= 0.6 is 0 Å². The van der Waals surface area contributed by atoms with Gasteiger partial charge >= 0.3 is 12.1 Å². The molecule has 1 aromatic rings. The Labute approximate surface area is 154 Å². The smallest absolute Gasteiger partial charge is 0.454 e. The van der Waals surface area contributed by atoms with Crippen molar-refractivity contribution in [1.29, 1.82) is 5.26 Å². The standard InChI is InChI=1S/C15H17F3N4O4S/c1-3-26-14(23)11-8-10(9-19)13(20-12(11)15(16,17)18)21-4-6-22(7-5-21)27(2,24)25/h8H,3-7H2,1-2H3/p+1. The molecule has 0 unspecified atom stereocenters. The lowest BCUT2D eigenvalue weighted by Gasteiger charge is -2.29. The van der Waals surface area contributed by atoms with Gasteiger partial charge in [0.1, 0.15) is 17.2 Å². The number of halogens is 3. The first kappa shape index (κ1) is 20.9. The highest BCUT2D eigenvalue weighted by atomic mass is 32.2. The first-order valence-corrected chi connectivity index (χ1v) is 9.78. The van der Waals surface area contributed by atoms with Crippen molar-refractivity contribution in [2.24, 2.45) is 0 Å². The van der Waals surface area contributed by atoms with E-state index in [1.807, 2.05) is 0 Å². The molecule has 1 N–H and O–H groups in total. The van der Waals surface area contributed by atoms with Gasteiger partial charge in [0.25, 0.3) is 5.82 Å². The van der Waals surface area contributed by atoms with E-state index in [1.165, 1.54) is 16.1 Å². The third kappa shape index (κ3) is 4.67. The van der Waals surface area contributed by atoms with E-state index in [4.69, 9.17) is 0 Å². The predicted molar refractivity (Wildman–Crippen MR) is 87.3 cm³/mol. The second-order valence-corrected chi connectivity index (χ2v) is 7.78. The second-order valence-electron chi connectivity index (χ2n) is 5.80. The van der Waals surface area contributed by atoms with Crippen LogP contribution in [-0.4, -0.2) is 57.7 Å². The van der Waals surface area contributed by atoms with Gasteiger partial charge in [0.15, 0.2) is 0 Å². The molecule has 1 fully saturated rings. The number of nitrogens with one attached hydrogen (secondary N) is 1. The highest BCUT2D eigenvalue weighted by molar-refractivity contribution is 7.88. The fourth-order valence-electron chi connectivity index (χ4n) is 2.71. The van der Waals surface area contributed by atoms with Crippen LogP contribution in [0.3, 0.4) is 0 Å². The van der Waals surface area contributed by atoms with E-state index in [2.05, 4.69) is 9.72 Å². The third-order valence-corrected chi connectivity index (χ3v) is 5.28. The zero-order valence-corrected chi connectivity index (χ0v) is 15.4. The monoisotopic (exact) mass is 407 g/mol. The van der Waals surface area contributed by atoms with Crippen LogP contribution in [-0.2, 0) is 20.9 Å². The number of hydrogen-bond acceptors (Lipinski definition) is 6. The summed E-state index contributed by atoms with van der Waals surface area (Å²) in [5, 5.41) is 9.32. The van der Waals surface area contributed by atoms with Crippen molar-refractivity contribution >= 4 is 21.8 Å². The molecule has 0 atom stereocenters. The van der Waals surface area contributed by atoms with Gasteiger partial charge in [0.05, 0.1) is 39.0 Å². The SMILES string of the molecule is CCOC(=O)c1cc(C#N)c(N2CCN(S(C)(=O)=O)CC2)[nH+]c1C(F)(F)F. The lowest BCUT2D eigenvalue weighted by Crippen LogP contribution is -2.50. The molecule has 148 valence electrons. The van der Waals surface area contributed by atoms with Gasteiger partial charge in [-0.3, -0.25) is 4.90 Å². The molecule has 27 heavy (non-hydrogen) atoms. The van der Waals surface area contributed by atoms with E-state index in [-0.39, 0.29) is 44.2 Å². The third-order valence-electron chi connectivity index (χ3n) is 3.98. The molecular weight excluding hydrogens is 389 g/mol. The molecule has 1 aliphatic heterocycles. The van der Waals surface area contributed by atoms with E-state index >= 15 is 0 Å². The number of H-pyrrole nitrogens is 1. The normalized spacial score (nSPS) is 16.1. The van der Waals surface area contributed by atoms with Crippen molar-refractivity contribution in [2.75, 3.05) is 43.9 Å². The van der Waals surface area contributed by atoms with Crippen molar-refractivity contribution in [3.63, 3.8) is 0 Å².